The molecule has 0 amide bonds. The molecular formula is C14H9ClN2S. The smallest absolute Gasteiger partial charge is 0.142 e. The van der Waals surface area contributed by atoms with Gasteiger partial charge in [0, 0.05) is 22.2 Å². The number of hydrogen-bond acceptors (Lipinski definition) is 3. The number of rotatable bonds is 2. The summed E-state index contributed by atoms with van der Waals surface area (Å²) in [7, 11) is 0. The number of hydrogen-bond donors (Lipinski definition) is 0. The lowest BCUT2D eigenvalue weighted by Gasteiger charge is -1.98. The Kier molecular flexibility index (Phi) is 3.09. The molecule has 0 saturated carbocycles. The van der Waals surface area contributed by atoms with Gasteiger partial charge in [-0.3, -0.25) is 4.98 Å². The Labute approximate surface area is 114 Å². The van der Waals surface area contributed by atoms with E-state index in [2.05, 4.69) is 9.97 Å². The van der Waals surface area contributed by atoms with Gasteiger partial charge in [-0.2, -0.15) is 0 Å². The van der Waals surface area contributed by atoms with Gasteiger partial charge in [0.2, 0.25) is 0 Å². The van der Waals surface area contributed by atoms with Crippen LogP contribution in [0.15, 0.2) is 54.0 Å². The van der Waals surface area contributed by atoms with Crippen LogP contribution in [0.3, 0.4) is 0 Å². The summed E-state index contributed by atoms with van der Waals surface area (Å²) in [6.07, 6.45) is 1.77. The molecule has 0 aliphatic heterocycles. The van der Waals surface area contributed by atoms with Crippen molar-refractivity contribution in [3.8, 4) is 22.0 Å². The molecule has 3 aromatic rings. The van der Waals surface area contributed by atoms with Gasteiger partial charge in [0.25, 0.3) is 0 Å². The van der Waals surface area contributed by atoms with Crippen LogP contribution in [-0.2, 0) is 0 Å². The molecule has 2 nitrogen and oxygen atoms in total. The quantitative estimate of drug-likeness (QED) is 0.685. The first kappa shape index (κ1) is 11.4. The minimum absolute atomic E-state index is 0.718. The normalized spacial score (nSPS) is 10.5. The van der Waals surface area contributed by atoms with E-state index in [4.69, 9.17) is 11.6 Å². The summed E-state index contributed by atoms with van der Waals surface area (Å²) < 4.78 is 0. The first-order chi connectivity index (χ1) is 8.84. The molecule has 3 rings (SSSR count). The van der Waals surface area contributed by atoms with Crippen LogP contribution in [0.4, 0.5) is 0 Å². The first-order valence-electron chi connectivity index (χ1n) is 5.46. The maximum Gasteiger partial charge on any atom is 0.142 e. The molecule has 0 aliphatic carbocycles. The first-order valence-corrected chi connectivity index (χ1v) is 6.72. The number of aromatic nitrogens is 2. The van der Waals surface area contributed by atoms with Crippen LogP contribution in [0.25, 0.3) is 22.0 Å². The Morgan fingerprint density at radius 2 is 1.78 bits per heavy atom. The van der Waals surface area contributed by atoms with E-state index in [1.54, 1.807) is 17.5 Å². The van der Waals surface area contributed by atoms with Crippen molar-refractivity contribution in [1.29, 1.82) is 0 Å². The summed E-state index contributed by atoms with van der Waals surface area (Å²) in [4.78, 5) is 8.88. The lowest BCUT2D eigenvalue weighted by Crippen LogP contribution is -1.82. The van der Waals surface area contributed by atoms with Gasteiger partial charge in [-0.15, -0.1) is 11.3 Å². The highest BCUT2D eigenvalue weighted by molar-refractivity contribution is 7.13. The molecular weight excluding hydrogens is 264 g/mol. The molecule has 0 saturated heterocycles. The van der Waals surface area contributed by atoms with Gasteiger partial charge in [-0.05, 0) is 18.2 Å². The fourth-order valence-corrected chi connectivity index (χ4v) is 2.70. The van der Waals surface area contributed by atoms with Crippen molar-refractivity contribution in [2.45, 2.75) is 0 Å². The highest BCUT2D eigenvalue weighted by atomic mass is 35.5. The maximum absolute atomic E-state index is 6.16. The molecule has 0 atom stereocenters. The van der Waals surface area contributed by atoms with Gasteiger partial charge < -0.3 is 0 Å². The summed E-state index contributed by atoms with van der Waals surface area (Å²) in [5.41, 5.74) is 2.74. The topological polar surface area (TPSA) is 25.8 Å². The highest BCUT2D eigenvalue weighted by Gasteiger charge is 2.09. The Morgan fingerprint density at radius 1 is 0.944 bits per heavy atom. The van der Waals surface area contributed by atoms with Gasteiger partial charge in [0.15, 0.2) is 0 Å². The fraction of sp³-hybridized carbons (Fsp3) is 0. The summed E-state index contributed by atoms with van der Waals surface area (Å²) in [5, 5.41) is 3.63. The average molecular weight is 273 g/mol. The second-order valence-corrected chi connectivity index (χ2v) is 5.00. The SMILES string of the molecule is Clc1ccccc1-c1csc(-c2ccccn2)n1. The third-order valence-corrected chi connectivity index (χ3v) is 3.73. The molecule has 0 bridgehead atoms. The average Bonchev–Trinajstić information content (AvgIpc) is 2.90. The molecule has 0 radical (unpaired) electrons. The molecule has 0 N–H and O–H groups in total. The molecule has 0 aliphatic rings. The summed E-state index contributed by atoms with van der Waals surface area (Å²) in [6.45, 7) is 0. The van der Waals surface area contributed by atoms with Crippen molar-refractivity contribution < 1.29 is 0 Å². The van der Waals surface area contributed by atoms with Crippen molar-refractivity contribution in [2.75, 3.05) is 0 Å². The molecule has 1 aromatic carbocycles. The van der Waals surface area contributed by atoms with Gasteiger partial charge >= 0.3 is 0 Å². The molecule has 0 unspecified atom stereocenters. The standard InChI is InChI=1S/C14H9ClN2S/c15-11-6-2-1-5-10(11)13-9-18-14(17-13)12-7-3-4-8-16-12/h1-9H. The minimum Gasteiger partial charge on any atom is -0.254 e. The van der Waals surface area contributed by atoms with E-state index >= 15 is 0 Å². The zero-order valence-corrected chi connectivity index (χ0v) is 10.9. The van der Waals surface area contributed by atoms with Gasteiger partial charge in [0.1, 0.15) is 5.01 Å². The third-order valence-electron chi connectivity index (χ3n) is 2.54. The van der Waals surface area contributed by atoms with Crippen molar-refractivity contribution in [2.24, 2.45) is 0 Å². The molecule has 0 fully saturated rings. The Hall–Kier alpha value is -1.71. The highest BCUT2D eigenvalue weighted by Crippen LogP contribution is 2.31. The number of benzene rings is 1. The molecule has 88 valence electrons. The molecule has 2 aromatic heterocycles. The van der Waals surface area contributed by atoms with E-state index in [-0.39, 0.29) is 0 Å². The van der Waals surface area contributed by atoms with E-state index < -0.39 is 0 Å². The second-order valence-electron chi connectivity index (χ2n) is 3.73. The summed E-state index contributed by atoms with van der Waals surface area (Å²) >= 11 is 7.74. The van der Waals surface area contributed by atoms with E-state index in [0.717, 1.165) is 27.0 Å². The van der Waals surface area contributed by atoms with Crippen LogP contribution in [-0.4, -0.2) is 9.97 Å². The Balaban J connectivity index is 2.03. The summed E-state index contributed by atoms with van der Waals surface area (Å²) in [6, 6.07) is 13.5. The number of thiazole rings is 1. The molecule has 4 heteroatoms. The molecule has 2 heterocycles. The van der Waals surface area contributed by atoms with Gasteiger partial charge in [0.05, 0.1) is 11.4 Å². The van der Waals surface area contributed by atoms with E-state index in [0.29, 0.717) is 0 Å². The van der Waals surface area contributed by atoms with Crippen LogP contribution in [0.2, 0.25) is 5.02 Å². The Morgan fingerprint density at radius 3 is 2.56 bits per heavy atom. The molecule has 18 heavy (non-hydrogen) atoms. The molecule has 0 spiro atoms. The van der Waals surface area contributed by atoms with E-state index in [1.165, 1.54) is 0 Å². The zero-order valence-electron chi connectivity index (χ0n) is 9.38. The van der Waals surface area contributed by atoms with Gasteiger partial charge in [-0.1, -0.05) is 35.9 Å². The minimum atomic E-state index is 0.718. The summed E-state index contributed by atoms with van der Waals surface area (Å²) in [5.74, 6) is 0. The van der Waals surface area contributed by atoms with Crippen LogP contribution >= 0.6 is 22.9 Å². The van der Waals surface area contributed by atoms with E-state index in [1.807, 2.05) is 47.8 Å². The predicted molar refractivity (Wildman–Crippen MR) is 75.8 cm³/mol. The van der Waals surface area contributed by atoms with E-state index in [9.17, 15) is 0 Å². The maximum atomic E-state index is 6.16. The van der Waals surface area contributed by atoms with Crippen LogP contribution in [0, 0.1) is 0 Å². The zero-order chi connectivity index (χ0) is 12.4. The number of pyridine rings is 1. The van der Waals surface area contributed by atoms with Gasteiger partial charge in [-0.25, -0.2) is 4.98 Å². The number of nitrogens with zero attached hydrogens (tertiary/aromatic N) is 2. The van der Waals surface area contributed by atoms with Crippen molar-refractivity contribution in [3.63, 3.8) is 0 Å². The lowest BCUT2D eigenvalue weighted by atomic mass is 10.2. The monoisotopic (exact) mass is 272 g/mol. The lowest BCUT2D eigenvalue weighted by molar-refractivity contribution is 1.29. The fourth-order valence-electron chi connectivity index (χ4n) is 1.67. The largest absolute Gasteiger partial charge is 0.254 e. The van der Waals surface area contributed by atoms with Crippen molar-refractivity contribution in [1.82, 2.24) is 9.97 Å². The van der Waals surface area contributed by atoms with Crippen LogP contribution in [0.5, 0.6) is 0 Å². The van der Waals surface area contributed by atoms with Crippen molar-refractivity contribution >= 4 is 22.9 Å². The van der Waals surface area contributed by atoms with Crippen molar-refractivity contribution in [3.05, 3.63) is 59.1 Å². The van der Waals surface area contributed by atoms with Crippen LogP contribution < -0.4 is 0 Å². The van der Waals surface area contributed by atoms with Crippen LogP contribution in [0.1, 0.15) is 0 Å². The Bertz CT molecular complexity index is 664. The second kappa shape index (κ2) is 4.88. The number of halogens is 1. The third kappa shape index (κ3) is 2.15. The predicted octanol–water partition coefficient (Wildman–Crippen LogP) is 4.53.